The van der Waals surface area contributed by atoms with E-state index in [9.17, 15) is 29.3 Å². The number of non-ortho nitro benzene ring substituents is 1. The molecule has 2 aromatic rings. The molecule has 0 N–H and O–H groups in total. The van der Waals surface area contributed by atoms with Crippen LogP contribution in [-0.2, 0) is 9.59 Å². The molecule has 1 aliphatic carbocycles. The maximum absolute atomic E-state index is 13.3. The summed E-state index contributed by atoms with van der Waals surface area (Å²) in [4.78, 5) is 63.2. The number of ketones is 1. The molecule has 2 fully saturated rings. The number of nitro benzene ring substituents is 1. The maximum atomic E-state index is 13.3. The monoisotopic (exact) mass is 455 g/mol. The van der Waals surface area contributed by atoms with Crippen LogP contribution >= 0.6 is 11.3 Å². The van der Waals surface area contributed by atoms with Gasteiger partial charge < -0.3 is 0 Å². The molecule has 0 spiro atoms. The second-order valence-corrected chi connectivity index (χ2v) is 9.13. The zero-order valence-electron chi connectivity index (χ0n) is 17.3. The summed E-state index contributed by atoms with van der Waals surface area (Å²) in [7, 11) is 0. The van der Waals surface area contributed by atoms with E-state index < -0.39 is 46.8 Å². The molecule has 0 radical (unpaired) electrons. The van der Waals surface area contributed by atoms with Crippen molar-refractivity contribution in [1.29, 1.82) is 0 Å². The molecule has 4 rings (SSSR count). The predicted molar refractivity (Wildman–Crippen MR) is 115 cm³/mol. The fourth-order valence-corrected chi connectivity index (χ4v) is 5.03. The summed E-state index contributed by atoms with van der Waals surface area (Å²) in [5.74, 6) is -2.79. The Labute approximate surface area is 187 Å². The summed E-state index contributed by atoms with van der Waals surface area (Å²) in [6.07, 6.45) is 1.94. The number of nitrogens with zero attached hydrogens (tertiary/aromatic N) is 3. The molecule has 166 valence electrons. The zero-order chi connectivity index (χ0) is 23.0. The van der Waals surface area contributed by atoms with Gasteiger partial charge in [0.2, 0.25) is 0 Å². The summed E-state index contributed by atoms with van der Waals surface area (Å²) in [5, 5.41) is 14.4. The van der Waals surface area contributed by atoms with Gasteiger partial charge in [0, 0.05) is 17.7 Å². The molecule has 2 aliphatic rings. The summed E-state index contributed by atoms with van der Waals surface area (Å²) in [6, 6.07) is 8.15. The minimum Gasteiger partial charge on any atom is -0.291 e. The quantitative estimate of drug-likeness (QED) is 0.285. The van der Waals surface area contributed by atoms with E-state index in [1.165, 1.54) is 35.6 Å². The van der Waals surface area contributed by atoms with Crippen LogP contribution in [0.2, 0.25) is 0 Å². The third-order valence-corrected chi connectivity index (χ3v) is 6.97. The van der Waals surface area contributed by atoms with Gasteiger partial charge in [-0.1, -0.05) is 13.0 Å². The number of amides is 3. The van der Waals surface area contributed by atoms with E-state index >= 15 is 0 Å². The molecule has 9 nitrogen and oxygen atoms in total. The molecule has 3 atom stereocenters. The number of thiophene rings is 1. The van der Waals surface area contributed by atoms with Crippen molar-refractivity contribution in [2.45, 2.75) is 26.2 Å². The molecular formula is C22H21N3O6S. The van der Waals surface area contributed by atoms with Crippen LogP contribution in [0.25, 0.3) is 0 Å². The minimum atomic E-state index is -0.738. The fraction of sp³-hybridized carbons (Fsp3) is 0.364. The average molecular weight is 455 g/mol. The lowest BCUT2D eigenvalue weighted by Crippen LogP contribution is -2.52. The van der Waals surface area contributed by atoms with Crippen LogP contribution in [0.5, 0.6) is 0 Å². The molecule has 1 aromatic carbocycles. The van der Waals surface area contributed by atoms with Crippen molar-refractivity contribution in [3.05, 3.63) is 62.3 Å². The molecule has 0 bridgehead atoms. The first-order valence-electron chi connectivity index (χ1n) is 10.3. The van der Waals surface area contributed by atoms with Gasteiger partial charge in [0.1, 0.15) is 6.54 Å². The van der Waals surface area contributed by atoms with Gasteiger partial charge in [0.25, 0.3) is 23.4 Å². The highest BCUT2D eigenvalue weighted by molar-refractivity contribution is 7.12. The van der Waals surface area contributed by atoms with Crippen LogP contribution in [0, 0.1) is 27.9 Å². The van der Waals surface area contributed by atoms with Gasteiger partial charge >= 0.3 is 0 Å². The van der Waals surface area contributed by atoms with E-state index in [0.29, 0.717) is 23.6 Å². The van der Waals surface area contributed by atoms with E-state index in [4.69, 9.17) is 0 Å². The maximum Gasteiger partial charge on any atom is 0.273 e. The summed E-state index contributed by atoms with van der Waals surface area (Å²) >= 11 is 1.20. The van der Waals surface area contributed by atoms with Gasteiger partial charge in [0.05, 0.1) is 21.6 Å². The van der Waals surface area contributed by atoms with Crippen LogP contribution in [0.4, 0.5) is 5.69 Å². The number of hydrogen-bond acceptors (Lipinski definition) is 7. The van der Waals surface area contributed by atoms with Crippen LogP contribution in [0.15, 0.2) is 41.8 Å². The van der Waals surface area contributed by atoms with Crippen molar-refractivity contribution in [2.75, 3.05) is 6.54 Å². The molecule has 0 unspecified atom stereocenters. The lowest BCUT2D eigenvalue weighted by atomic mass is 9.76. The zero-order valence-corrected chi connectivity index (χ0v) is 18.1. The second-order valence-electron chi connectivity index (χ2n) is 8.19. The van der Waals surface area contributed by atoms with Gasteiger partial charge in [0.15, 0.2) is 5.78 Å². The number of imide groups is 1. The predicted octanol–water partition coefficient (Wildman–Crippen LogP) is 3.32. The molecule has 2 heterocycles. The van der Waals surface area contributed by atoms with E-state index in [-0.39, 0.29) is 11.3 Å². The molecule has 1 saturated carbocycles. The first-order chi connectivity index (χ1) is 15.3. The van der Waals surface area contributed by atoms with Crippen molar-refractivity contribution in [3.8, 4) is 0 Å². The number of hydrazine groups is 1. The molecule has 32 heavy (non-hydrogen) atoms. The number of Topliss-reactive ketones (excluding diaryl/α,β-unsaturated/α-hetero) is 1. The van der Waals surface area contributed by atoms with Crippen LogP contribution in [0.3, 0.4) is 0 Å². The van der Waals surface area contributed by atoms with E-state index in [0.717, 1.165) is 16.4 Å². The topological polar surface area (TPSA) is 118 Å². The van der Waals surface area contributed by atoms with Gasteiger partial charge in [-0.2, -0.15) is 5.01 Å². The van der Waals surface area contributed by atoms with E-state index in [1.54, 1.807) is 17.5 Å². The van der Waals surface area contributed by atoms with Crippen molar-refractivity contribution in [3.63, 3.8) is 0 Å². The Kier molecular flexibility index (Phi) is 5.88. The van der Waals surface area contributed by atoms with Gasteiger partial charge in [-0.05, 0) is 48.8 Å². The highest BCUT2D eigenvalue weighted by Gasteiger charge is 2.52. The number of carbonyl (C=O) groups excluding carboxylic acids is 4. The number of rotatable bonds is 6. The van der Waals surface area contributed by atoms with E-state index in [1.807, 2.05) is 6.92 Å². The summed E-state index contributed by atoms with van der Waals surface area (Å²) in [6.45, 7) is 1.54. The minimum absolute atomic E-state index is 0.0402. The highest BCUT2D eigenvalue weighted by Crippen LogP contribution is 2.41. The molecule has 10 heteroatoms. The largest absolute Gasteiger partial charge is 0.291 e. The lowest BCUT2D eigenvalue weighted by molar-refractivity contribution is -0.384. The summed E-state index contributed by atoms with van der Waals surface area (Å²) in [5.41, 5.74) is -0.158. The van der Waals surface area contributed by atoms with Crippen molar-refractivity contribution in [2.24, 2.45) is 17.8 Å². The Bertz CT molecular complexity index is 1080. The number of benzene rings is 1. The Morgan fingerprint density at radius 1 is 1.12 bits per heavy atom. The van der Waals surface area contributed by atoms with Gasteiger partial charge in [-0.25, -0.2) is 5.01 Å². The third-order valence-electron chi connectivity index (χ3n) is 6.05. The third kappa shape index (κ3) is 3.93. The molecule has 3 amide bonds. The lowest BCUT2D eigenvalue weighted by Gasteiger charge is -2.30. The fourth-order valence-electron chi connectivity index (χ4n) is 4.37. The number of hydrogen-bond donors (Lipinski definition) is 0. The molecule has 1 aromatic heterocycles. The van der Waals surface area contributed by atoms with Crippen molar-refractivity contribution in [1.82, 2.24) is 10.0 Å². The standard InChI is InChI=1S/C22H21N3O6S/c1-13-4-9-16-17(11-13)22(29)24(21(16)28)23(12-18(26)19-3-2-10-32-19)20(27)14-5-7-15(8-6-14)25(30)31/h2-3,5-8,10,13,16-17H,4,9,11-12H2,1H3/t13-,16-,17-/m1/s1. The van der Waals surface area contributed by atoms with Gasteiger partial charge in [-0.3, -0.25) is 29.3 Å². The number of nitro groups is 1. The average Bonchev–Trinajstić information content (AvgIpc) is 3.40. The summed E-state index contributed by atoms with van der Waals surface area (Å²) < 4.78 is 0. The molecule has 1 aliphatic heterocycles. The van der Waals surface area contributed by atoms with Crippen LogP contribution in [0.1, 0.15) is 46.2 Å². The van der Waals surface area contributed by atoms with Crippen LogP contribution in [-0.4, -0.2) is 45.0 Å². The second kappa shape index (κ2) is 8.62. The van der Waals surface area contributed by atoms with Crippen molar-refractivity contribution >= 4 is 40.5 Å². The first kappa shape index (κ1) is 21.8. The van der Waals surface area contributed by atoms with E-state index in [2.05, 4.69) is 0 Å². The highest BCUT2D eigenvalue weighted by atomic mass is 32.1. The van der Waals surface area contributed by atoms with Gasteiger partial charge in [-0.15, -0.1) is 11.3 Å². The number of carbonyl (C=O) groups is 4. The first-order valence-corrected chi connectivity index (χ1v) is 11.2. The number of fused-ring (bicyclic) bond motifs is 1. The Balaban J connectivity index is 1.68. The Hall–Kier alpha value is -3.40. The molecular weight excluding hydrogens is 434 g/mol. The smallest absolute Gasteiger partial charge is 0.273 e. The van der Waals surface area contributed by atoms with Crippen molar-refractivity contribution < 1.29 is 24.1 Å². The normalized spacial score (nSPS) is 22.5. The Morgan fingerprint density at radius 3 is 2.44 bits per heavy atom. The SMILES string of the molecule is C[C@@H]1CC[C@H]2C(=O)N(N(CC(=O)c3cccs3)C(=O)c3ccc([N+](=O)[O-])cc3)C(=O)[C@@H]2C1. The Morgan fingerprint density at radius 2 is 1.81 bits per heavy atom. The van der Waals surface area contributed by atoms with Crippen LogP contribution < -0.4 is 0 Å². The molecule has 1 saturated heterocycles.